The van der Waals surface area contributed by atoms with E-state index in [9.17, 15) is 4.79 Å². The summed E-state index contributed by atoms with van der Waals surface area (Å²) < 4.78 is 7.14. The normalized spacial score (nSPS) is 22.7. The third kappa shape index (κ3) is 4.40. The van der Waals surface area contributed by atoms with Gasteiger partial charge in [-0.2, -0.15) is 0 Å². The van der Waals surface area contributed by atoms with Crippen molar-refractivity contribution in [2.24, 2.45) is 11.7 Å². The Labute approximate surface area is 187 Å². The number of primary amides is 1. The number of fused-ring (bicyclic) bond motifs is 3. The predicted octanol–water partition coefficient (Wildman–Crippen LogP) is 6.04. The number of nitrogens with zero attached hydrogens (tertiary/aromatic N) is 2. The minimum atomic E-state index is -0.228. The zero-order valence-corrected chi connectivity index (χ0v) is 18.7. The Bertz CT molecular complexity index is 1060. The van der Waals surface area contributed by atoms with Crippen LogP contribution in [0.2, 0.25) is 0 Å². The molecular formula is C25H29N3O2S. The van der Waals surface area contributed by atoms with Crippen molar-refractivity contribution in [1.82, 2.24) is 9.88 Å². The van der Waals surface area contributed by atoms with Crippen LogP contribution in [0.5, 0.6) is 10.9 Å². The van der Waals surface area contributed by atoms with Gasteiger partial charge in [0.25, 0.3) is 5.19 Å². The average Bonchev–Trinajstić information content (AvgIpc) is 3.26. The van der Waals surface area contributed by atoms with Gasteiger partial charge in [-0.1, -0.05) is 29.5 Å². The van der Waals surface area contributed by atoms with Gasteiger partial charge in [-0.15, -0.1) is 0 Å². The maximum Gasteiger partial charge on any atom is 0.315 e. The van der Waals surface area contributed by atoms with Gasteiger partial charge in [-0.3, -0.25) is 0 Å². The number of hydrogen-bond acceptors (Lipinski definition) is 4. The van der Waals surface area contributed by atoms with Crippen molar-refractivity contribution in [3.8, 4) is 10.9 Å². The Hall–Kier alpha value is -2.60. The second-order valence-electron chi connectivity index (χ2n) is 9.06. The lowest BCUT2D eigenvalue weighted by atomic mass is 9.86. The first-order chi connectivity index (χ1) is 15.0. The third-order valence-corrected chi connectivity index (χ3v) is 7.71. The van der Waals surface area contributed by atoms with E-state index < -0.39 is 0 Å². The Morgan fingerprint density at radius 1 is 1.16 bits per heavy atom. The van der Waals surface area contributed by atoms with Crippen LogP contribution in [-0.2, 0) is 6.42 Å². The molecule has 6 heteroatoms. The molecule has 2 aliphatic heterocycles. The van der Waals surface area contributed by atoms with Gasteiger partial charge in [0.05, 0.1) is 10.2 Å². The summed E-state index contributed by atoms with van der Waals surface area (Å²) in [6, 6.07) is 15.2. The van der Waals surface area contributed by atoms with Crippen molar-refractivity contribution in [2.45, 2.75) is 64.0 Å². The molecule has 1 unspecified atom stereocenters. The highest BCUT2D eigenvalue weighted by Gasteiger charge is 2.42. The maximum atomic E-state index is 11.7. The largest absolute Gasteiger partial charge is 0.431 e. The van der Waals surface area contributed by atoms with Gasteiger partial charge in [-0.25, -0.2) is 9.78 Å². The van der Waals surface area contributed by atoms with Gasteiger partial charge in [0.2, 0.25) is 0 Å². The van der Waals surface area contributed by atoms with Gasteiger partial charge in [0.1, 0.15) is 5.75 Å². The molecule has 0 saturated carbocycles. The smallest absolute Gasteiger partial charge is 0.315 e. The fourth-order valence-electron chi connectivity index (χ4n) is 5.36. The zero-order chi connectivity index (χ0) is 21.4. The first-order valence-electron chi connectivity index (χ1n) is 11.3. The quantitative estimate of drug-likeness (QED) is 0.513. The summed E-state index contributed by atoms with van der Waals surface area (Å²) >= 11 is 1.58. The number of amides is 2. The van der Waals surface area contributed by atoms with Crippen molar-refractivity contribution in [2.75, 3.05) is 0 Å². The number of aryl methyl sites for hydroxylation is 2. The lowest BCUT2D eigenvalue weighted by Gasteiger charge is -2.38. The van der Waals surface area contributed by atoms with Crippen LogP contribution in [-0.4, -0.2) is 28.0 Å². The standard InChI is InChI=1S/C25H29N3O2S/c1-16-5-12-22-23(13-16)31-25(27-22)30-21-10-6-17(7-11-21)3-2-4-18-14-19-8-9-20(15-18)28(19)24(26)29/h5-7,10-13,18-20H,2-4,8-9,14-15H2,1H3,(H2,26,29)/t18?,19-,20+. The molecule has 3 atom stereocenters. The summed E-state index contributed by atoms with van der Waals surface area (Å²) in [5.41, 5.74) is 9.13. The van der Waals surface area contributed by atoms with E-state index in [-0.39, 0.29) is 6.03 Å². The fourth-order valence-corrected chi connectivity index (χ4v) is 6.29. The number of urea groups is 1. The monoisotopic (exact) mass is 435 g/mol. The average molecular weight is 436 g/mol. The molecule has 0 spiro atoms. The van der Waals surface area contributed by atoms with Gasteiger partial charge >= 0.3 is 6.03 Å². The van der Waals surface area contributed by atoms with Crippen molar-refractivity contribution in [1.29, 1.82) is 0 Å². The lowest BCUT2D eigenvalue weighted by Crippen LogP contribution is -2.49. The minimum Gasteiger partial charge on any atom is -0.431 e. The molecule has 2 amide bonds. The van der Waals surface area contributed by atoms with E-state index in [0.29, 0.717) is 17.3 Å². The number of carbonyl (C=O) groups is 1. The second-order valence-corrected chi connectivity index (χ2v) is 10.1. The van der Waals surface area contributed by atoms with Crippen LogP contribution in [0, 0.1) is 12.8 Å². The molecule has 2 bridgehead atoms. The van der Waals surface area contributed by atoms with E-state index in [1.54, 1.807) is 11.3 Å². The predicted molar refractivity (Wildman–Crippen MR) is 125 cm³/mol. The fraction of sp³-hybridized carbons (Fsp3) is 0.440. The summed E-state index contributed by atoms with van der Waals surface area (Å²) in [6.45, 7) is 2.09. The van der Waals surface area contributed by atoms with E-state index >= 15 is 0 Å². The van der Waals surface area contributed by atoms with Crippen LogP contribution in [0.1, 0.15) is 49.7 Å². The molecule has 2 N–H and O–H groups in total. The molecule has 2 aromatic carbocycles. The van der Waals surface area contributed by atoms with E-state index in [1.807, 2.05) is 23.1 Å². The Morgan fingerprint density at radius 2 is 1.90 bits per heavy atom. The Balaban J connectivity index is 1.12. The van der Waals surface area contributed by atoms with E-state index in [2.05, 4.69) is 36.2 Å². The molecule has 2 fully saturated rings. The number of thiazole rings is 1. The molecule has 1 aromatic heterocycles. The number of aromatic nitrogens is 1. The number of piperidine rings is 1. The number of carbonyl (C=O) groups excluding carboxylic acids is 1. The Kier molecular flexibility index (Phi) is 5.57. The van der Waals surface area contributed by atoms with Crippen molar-refractivity contribution in [3.05, 3.63) is 53.6 Å². The molecule has 3 heterocycles. The highest BCUT2D eigenvalue weighted by molar-refractivity contribution is 7.20. The van der Waals surface area contributed by atoms with Crippen molar-refractivity contribution < 1.29 is 9.53 Å². The van der Waals surface area contributed by atoms with Crippen molar-refractivity contribution in [3.63, 3.8) is 0 Å². The van der Waals surface area contributed by atoms with Crippen LogP contribution < -0.4 is 10.5 Å². The van der Waals surface area contributed by atoms with Gasteiger partial charge in [0, 0.05) is 12.1 Å². The molecule has 3 aromatic rings. The van der Waals surface area contributed by atoms with Gasteiger partial charge < -0.3 is 15.4 Å². The zero-order valence-electron chi connectivity index (χ0n) is 17.9. The lowest BCUT2D eigenvalue weighted by molar-refractivity contribution is 0.124. The highest BCUT2D eigenvalue weighted by Crippen LogP contribution is 2.40. The van der Waals surface area contributed by atoms with Crippen LogP contribution in [0.3, 0.4) is 0 Å². The first kappa shape index (κ1) is 20.3. The summed E-state index contributed by atoms with van der Waals surface area (Å²) in [4.78, 5) is 18.2. The summed E-state index contributed by atoms with van der Waals surface area (Å²) in [7, 11) is 0. The summed E-state index contributed by atoms with van der Waals surface area (Å²) in [6.07, 6.45) is 7.97. The first-order valence-corrected chi connectivity index (χ1v) is 12.1. The molecule has 5 rings (SSSR count). The number of hydrogen-bond donors (Lipinski definition) is 1. The van der Waals surface area contributed by atoms with Crippen molar-refractivity contribution >= 4 is 27.6 Å². The third-order valence-electron chi connectivity index (χ3n) is 6.82. The molecule has 2 saturated heterocycles. The van der Waals surface area contributed by atoms with E-state index in [1.165, 1.54) is 24.0 Å². The number of rotatable bonds is 6. The maximum absolute atomic E-state index is 11.7. The SMILES string of the molecule is Cc1ccc2nc(Oc3ccc(CCCC4C[C@H]5CC[C@@H](C4)N5C(N)=O)cc3)sc2c1. The summed E-state index contributed by atoms with van der Waals surface area (Å²) in [5.74, 6) is 1.55. The number of nitrogens with two attached hydrogens (primary N) is 1. The molecule has 0 aliphatic carbocycles. The molecule has 162 valence electrons. The number of benzene rings is 2. The molecule has 5 nitrogen and oxygen atoms in total. The number of ether oxygens (including phenoxy) is 1. The highest BCUT2D eigenvalue weighted by atomic mass is 32.1. The van der Waals surface area contributed by atoms with Gasteiger partial charge in [0.15, 0.2) is 0 Å². The van der Waals surface area contributed by atoms with Gasteiger partial charge in [-0.05, 0) is 93.2 Å². The molecule has 0 radical (unpaired) electrons. The Morgan fingerprint density at radius 3 is 2.61 bits per heavy atom. The van der Waals surface area contributed by atoms with Crippen LogP contribution in [0.15, 0.2) is 42.5 Å². The second kappa shape index (κ2) is 8.50. The summed E-state index contributed by atoms with van der Waals surface area (Å²) in [5, 5.41) is 0.685. The molecule has 31 heavy (non-hydrogen) atoms. The topological polar surface area (TPSA) is 68.4 Å². The van der Waals surface area contributed by atoms with E-state index in [0.717, 1.165) is 54.0 Å². The molecular weight excluding hydrogens is 406 g/mol. The van der Waals surface area contributed by atoms with Crippen LogP contribution >= 0.6 is 11.3 Å². The van der Waals surface area contributed by atoms with Crippen LogP contribution in [0.25, 0.3) is 10.2 Å². The van der Waals surface area contributed by atoms with E-state index in [4.69, 9.17) is 10.5 Å². The van der Waals surface area contributed by atoms with Crippen LogP contribution in [0.4, 0.5) is 4.79 Å². The molecule has 2 aliphatic rings. The minimum absolute atomic E-state index is 0.228.